The summed E-state index contributed by atoms with van der Waals surface area (Å²) in [5.74, 6) is 1.25. The van der Waals surface area contributed by atoms with E-state index in [-0.39, 0.29) is 18.8 Å². The number of likely N-dealkylation sites (tertiary alicyclic amines) is 1. The Morgan fingerprint density at radius 1 is 1.14 bits per heavy atom. The maximum absolute atomic E-state index is 11.6. The van der Waals surface area contributed by atoms with E-state index in [0.29, 0.717) is 42.0 Å². The molecule has 5 N–H and O–H groups in total. The molecule has 0 radical (unpaired) electrons. The van der Waals surface area contributed by atoms with Gasteiger partial charge in [-0.2, -0.15) is 4.98 Å². The molecule has 12 heteroatoms. The maximum Gasteiger partial charge on any atom is 0.293 e. The van der Waals surface area contributed by atoms with Gasteiger partial charge in [0.1, 0.15) is 17.9 Å². The molecule has 2 fully saturated rings. The number of hydrogen-bond acceptors (Lipinski definition) is 11. The number of aliphatic hydroxyl groups is 4. The van der Waals surface area contributed by atoms with E-state index in [2.05, 4.69) is 15.5 Å². The molecule has 198 valence electrons. The van der Waals surface area contributed by atoms with Gasteiger partial charge in [-0.3, -0.25) is 15.0 Å². The predicted molar refractivity (Wildman–Crippen MR) is 130 cm³/mol. The van der Waals surface area contributed by atoms with Crippen LogP contribution in [0.5, 0.6) is 0 Å². The number of nitro benzene ring substituents is 1. The summed E-state index contributed by atoms with van der Waals surface area (Å²) in [5.41, 5.74) is 0.942. The second-order valence-corrected chi connectivity index (χ2v) is 9.71. The average Bonchev–Trinajstić information content (AvgIpc) is 3.30. The number of β-amino-alcohol motifs (C(OH)–C–C–N with tert-alkyl or cyclic N) is 1. The lowest BCUT2D eigenvalue weighted by Crippen LogP contribution is -2.62. The average molecular weight is 506 g/mol. The van der Waals surface area contributed by atoms with Gasteiger partial charge in [0.2, 0.25) is 11.7 Å². The molecule has 0 amide bonds. The first-order valence-electron chi connectivity index (χ1n) is 12.6. The molecule has 0 unspecified atom stereocenters. The van der Waals surface area contributed by atoms with Crippen LogP contribution >= 0.6 is 0 Å². The summed E-state index contributed by atoms with van der Waals surface area (Å²) in [4.78, 5) is 17.4. The fourth-order valence-corrected chi connectivity index (χ4v) is 4.80. The maximum atomic E-state index is 11.6. The van der Waals surface area contributed by atoms with Gasteiger partial charge in [-0.25, -0.2) is 0 Å². The first-order valence-corrected chi connectivity index (χ1v) is 12.6. The van der Waals surface area contributed by atoms with Crippen molar-refractivity contribution in [2.24, 2.45) is 0 Å². The third-order valence-corrected chi connectivity index (χ3v) is 7.25. The van der Waals surface area contributed by atoms with Crippen molar-refractivity contribution in [2.75, 3.05) is 31.6 Å². The summed E-state index contributed by atoms with van der Waals surface area (Å²) in [6.45, 7) is 1.07. The Morgan fingerprint density at radius 2 is 1.92 bits per heavy atom. The van der Waals surface area contributed by atoms with Crippen LogP contribution in [0.2, 0.25) is 0 Å². The number of nitrogens with zero attached hydrogens (tertiary/aromatic N) is 4. The van der Waals surface area contributed by atoms with Gasteiger partial charge in [0.15, 0.2) is 0 Å². The Kier molecular flexibility index (Phi) is 8.86. The fourth-order valence-electron chi connectivity index (χ4n) is 4.80. The van der Waals surface area contributed by atoms with Crippen molar-refractivity contribution in [3.05, 3.63) is 34.2 Å². The molecule has 1 aromatic carbocycles. The number of nitrogens with one attached hydrogen (secondary N) is 1. The normalized spacial score (nSPS) is 25.0. The zero-order valence-corrected chi connectivity index (χ0v) is 20.2. The predicted octanol–water partition coefficient (Wildman–Crippen LogP) is 1.64. The number of piperidine rings is 1. The first-order chi connectivity index (χ1) is 17.4. The van der Waals surface area contributed by atoms with Crippen LogP contribution in [0.1, 0.15) is 56.8 Å². The number of anilines is 1. The quantitative estimate of drug-likeness (QED) is 0.161. The molecule has 12 nitrogen and oxygen atoms in total. The van der Waals surface area contributed by atoms with Crippen LogP contribution in [0.3, 0.4) is 0 Å². The van der Waals surface area contributed by atoms with Crippen molar-refractivity contribution in [3.63, 3.8) is 0 Å². The third kappa shape index (κ3) is 6.01. The number of hydrogen-bond donors (Lipinski definition) is 5. The smallest absolute Gasteiger partial charge is 0.293 e. The molecule has 1 saturated heterocycles. The summed E-state index contributed by atoms with van der Waals surface area (Å²) >= 11 is 0. The van der Waals surface area contributed by atoms with Gasteiger partial charge in [0.25, 0.3) is 5.69 Å². The standard InChI is InChI=1S/C24H35N5O7/c30-14-19-21(32)22(33)20(31)13-28(19)11-4-2-1-3-10-25-17-9-8-16(12-18(17)29(34)35)23-26-24(36-27-23)15-6-5-7-15/h8-9,12,15,19-22,25,30-33H,1-7,10-11,13-14H2/t19-,20+,21-,22-/m1/s1. The minimum atomic E-state index is -1.25. The van der Waals surface area contributed by atoms with Gasteiger partial charge >= 0.3 is 0 Å². The van der Waals surface area contributed by atoms with E-state index < -0.39 is 29.3 Å². The van der Waals surface area contributed by atoms with E-state index in [0.717, 1.165) is 44.9 Å². The van der Waals surface area contributed by atoms with Crippen LogP contribution in [0.15, 0.2) is 22.7 Å². The van der Waals surface area contributed by atoms with E-state index in [4.69, 9.17) is 4.52 Å². The Morgan fingerprint density at radius 3 is 2.61 bits per heavy atom. The van der Waals surface area contributed by atoms with Gasteiger partial charge < -0.3 is 30.3 Å². The molecule has 1 saturated carbocycles. The van der Waals surface area contributed by atoms with Crippen molar-refractivity contribution in [2.45, 2.75) is 75.2 Å². The Bertz CT molecular complexity index is 1010. The zero-order chi connectivity index (χ0) is 25.7. The van der Waals surface area contributed by atoms with Crippen LogP contribution in [0.4, 0.5) is 11.4 Å². The summed E-state index contributed by atoms with van der Waals surface area (Å²) in [6, 6.07) is 4.29. The Hall–Kier alpha value is -2.64. The Labute approximate surface area is 209 Å². The second-order valence-electron chi connectivity index (χ2n) is 9.71. The number of aliphatic hydroxyl groups excluding tert-OH is 4. The van der Waals surface area contributed by atoms with Gasteiger partial charge in [0, 0.05) is 30.6 Å². The summed E-state index contributed by atoms with van der Waals surface area (Å²) in [5, 5.41) is 58.1. The molecule has 2 aliphatic rings. The molecule has 1 aliphatic heterocycles. The molecular weight excluding hydrogens is 470 g/mol. The highest BCUT2D eigenvalue weighted by atomic mass is 16.6. The first kappa shape index (κ1) is 26.4. The van der Waals surface area contributed by atoms with Crippen molar-refractivity contribution in [1.82, 2.24) is 15.0 Å². The molecule has 36 heavy (non-hydrogen) atoms. The topological polar surface area (TPSA) is 178 Å². The summed E-state index contributed by atoms with van der Waals surface area (Å²) in [6.07, 6.45) is 3.11. The van der Waals surface area contributed by atoms with Gasteiger partial charge in [-0.05, 0) is 44.4 Å². The highest BCUT2D eigenvalue weighted by molar-refractivity contribution is 5.70. The van der Waals surface area contributed by atoms with E-state index in [1.807, 2.05) is 4.90 Å². The fraction of sp³-hybridized carbons (Fsp3) is 0.667. The summed E-state index contributed by atoms with van der Waals surface area (Å²) in [7, 11) is 0. The summed E-state index contributed by atoms with van der Waals surface area (Å²) < 4.78 is 5.33. The SMILES string of the molecule is O=[N+]([O-])c1cc(-c2noc(C3CCC3)n2)ccc1NCCCCCCN1C[C@H](O)[C@@H](O)[C@H](O)[C@H]1CO. The third-order valence-electron chi connectivity index (χ3n) is 7.25. The lowest BCUT2D eigenvalue weighted by atomic mass is 9.85. The van der Waals surface area contributed by atoms with E-state index in [9.17, 15) is 30.5 Å². The van der Waals surface area contributed by atoms with E-state index in [1.54, 1.807) is 12.1 Å². The zero-order valence-electron chi connectivity index (χ0n) is 20.2. The monoisotopic (exact) mass is 505 g/mol. The van der Waals surface area contributed by atoms with E-state index in [1.165, 1.54) is 6.07 Å². The molecule has 0 spiro atoms. The number of nitro groups is 1. The molecule has 2 heterocycles. The highest BCUT2D eigenvalue weighted by Crippen LogP contribution is 2.36. The number of benzene rings is 1. The van der Waals surface area contributed by atoms with Crippen molar-refractivity contribution in [1.29, 1.82) is 0 Å². The largest absolute Gasteiger partial charge is 0.395 e. The number of rotatable bonds is 12. The van der Waals surface area contributed by atoms with E-state index >= 15 is 0 Å². The molecule has 2 aromatic rings. The highest BCUT2D eigenvalue weighted by Gasteiger charge is 2.40. The van der Waals surface area contributed by atoms with Gasteiger partial charge in [-0.1, -0.05) is 24.4 Å². The minimum absolute atomic E-state index is 0.0399. The van der Waals surface area contributed by atoms with Gasteiger partial charge in [-0.15, -0.1) is 0 Å². The molecule has 0 bridgehead atoms. The lowest BCUT2D eigenvalue weighted by molar-refractivity contribution is -0.383. The molecule has 1 aromatic heterocycles. The Balaban J connectivity index is 1.22. The van der Waals surface area contributed by atoms with Crippen LogP contribution < -0.4 is 5.32 Å². The van der Waals surface area contributed by atoms with Crippen LogP contribution in [-0.2, 0) is 0 Å². The number of aromatic nitrogens is 2. The second kappa shape index (κ2) is 12.1. The lowest BCUT2D eigenvalue weighted by Gasteiger charge is -2.43. The molecular formula is C24H35N5O7. The van der Waals surface area contributed by atoms with Crippen LogP contribution in [-0.4, -0.2) is 91.0 Å². The van der Waals surface area contributed by atoms with Crippen LogP contribution in [0, 0.1) is 10.1 Å². The van der Waals surface area contributed by atoms with Crippen molar-refractivity contribution < 1.29 is 29.9 Å². The van der Waals surface area contributed by atoms with Crippen molar-refractivity contribution in [3.8, 4) is 11.4 Å². The molecule has 1 aliphatic carbocycles. The van der Waals surface area contributed by atoms with Crippen LogP contribution in [0.25, 0.3) is 11.4 Å². The minimum Gasteiger partial charge on any atom is -0.395 e. The van der Waals surface area contributed by atoms with Crippen molar-refractivity contribution >= 4 is 11.4 Å². The molecule has 4 atom stereocenters. The molecule has 4 rings (SSSR count). The van der Waals surface area contributed by atoms with Gasteiger partial charge in [0.05, 0.1) is 23.7 Å². The number of unbranched alkanes of at least 4 members (excludes halogenated alkanes) is 3.